The van der Waals surface area contributed by atoms with Gasteiger partial charge in [0.25, 0.3) is 5.92 Å². The number of aromatic nitrogens is 4. The fourth-order valence-corrected chi connectivity index (χ4v) is 3.23. The molecule has 0 amide bonds. The second kappa shape index (κ2) is 7.82. The van der Waals surface area contributed by atoms with Crippen molar-refractivity contribution >= 4 is 17.2 Å². The van der Waals surface area contributed by atoms with Gasteiger partial charge in [-0.3, -0.25) is 0 Å². The summed E-state index contributed by atoms with van der Waals surface area (Å²) < 4.78 is 39.9. The Kier molecular flexibility index (Phi) is 5.18. The van der Waals surface area contributed by atoms with E-state index in [9.17, 15) is 8.78 Å². The van der Waals surface area contributed by atoms with Crippen molar-refractivity contribution < 1.29 is 18.3 Å². The van der Waals surface area contributed by atoms with Crippen LogP contribution in [0.2, 0.25) is 0 Å². The highest BCUT2D eigenvalue weighted by Gasteiger charge is 2.25. The van der Waals surface area contributed by atoms with Crippen LogP contribution in [-0.4, -0.2) is 33.8 Å². The molecule has 0 aliphatic rings. The van der Waals surface area contributed by atoms with Crippen molar-refractivity contribution in [1.29, 1.82) is 0 Å². The van der Waals surface area contributed by atoms with Crippen LogP contribution in [0.3, 0.4) is 0 Å². The molecule has 1 N–H and O–H groups in total. The van der Waals surface area contributed by atoms with Gasteiger partial charge < -0.3 is 14.8 Å². The second-order valence-electron chi connectivity index (χ2n) is 7.06. The summed E-state index contributed by atoms with van der Waals surface area (Å²) in [6, 6.07) is 11.4. The van der Waals surface area contributed by atoms with Crippen LogP contribution in [0.15, 0.2) is 48.7 Å². The molecule has 2 heterocycles. The van der Waals surface area contributed by atoms with Crippen molar-refractivity contribution in [3.63, 3.8) is 0 Å². The van der Waals surface area contributed by atoms with Gasteiger partial charge in [-0.2, -0.15) is 0 Å². The van der Waals surface area contributed by atoms with Gasteiger partial charge in [0.1, 0.15) is 17.0 Å². The lowest BCUT2D eigenvalue weighted by atomic mass is 10.1. The summed E-state index contributed by atoms with van der Waals surface area (Å²) in [5.41, 5.74) is 2.42. The largest absolute Gasteiger partial charge is 0.497 e. The van der Waals surface area contributed by atoms with E-state index in [1.807, 2.05) is 6.92 Å². The van der Waals surface area contributed by atoms with Gasteiger partial charge in [0.2, 0.25) is 5.95 Å². The molecule has 4 aromatic rings. The lowest BCUT2D eigenvalue weighted by molar-refractivity contribution is 0.0175. The molecule has 0 unspecified atom stereocenters. The van der Waals surface area contributed by atoms with Crippen molar-refractivity contribution in [3.05, 3.63) is 59.9 Å². The van der Waals surface area contributed by atoms with E-state index in [1.54, 1.807) is 55.3 Å². The monoisotopic (exact) mass is 425 g/mol. The van der Waals surface area contributed by atoms with Crippen molar-refractivity contribution in [2.75, 3.05) is 19.5 Å². The quantitative estimate of drug-likeness (QED) is 0.470. The number of anilines is 2. The van der Waals surface area contributed by atoms with E-state index in [0.29, 0.717) is 39.8 Å². The van der Waals surface area contributed by atoms with E-state index in [-0.39, 0.29) is 11.5 Å². The van der Waals surface area contributed by atoms with E-state index in [2.05, 4.69) is 20.4 Å². The Bertz CT molecular complexity index is 1250. The minimum Gasteiger partial charge on any atom is -0.497 e. The molecule has 0 spiro atoms. The van der Waals surface area contributed by atoms with E-state index in [1.165, 1.54) is 12.1 Å². The molecule has 0 aliphatic heterocycles. The van der Waals surface area contributed by atoms with Crippen molar-refractivity contribution in [1.82, 2.24) is 19.6 Å². The number of alkyl halides is 2. The standard InChI is InChI=1S/C22H21F2N5O2/c1-13-18-12-25-21(27-17-11-16(30-3)8-9-19(17)31-4)28-29(18)20(26-13)14-6-5-7-15(10-14)22(2,23)24/h5-12H,1-4H3,(H,27,28). The fraction of sp³-hybridized carbons (Fsp3) is 0.227. The number of halogens is 2. The van der Waals surface area contributed by atoms with Gasteiger partial charge in [-0.25, -0.2) is 23.3 Å². The molecular formula is C22H21F2N5O2. The number of imidazole rings is 1. The number of hydrogen-bond acceptors (Lipinski definition) is 6. The number of hydrogen-bond donors (Lipinski definition) is 1. The summed E-state index contributed by atoms with van der Waals surface area (Å²) >= 11 is 0. The average Bonchev–Trinajstić information content (AvgIpc) is 3.09. The summed E-state index contributed by atoms with van der Waals surface area (Å²) in [6.45, 7) is 2.69. The number of nitrogens with zero attached hydrogens (tertiary/aromatic N) is 4. The van der Waals surface area contributed by atoms with Gasteiger partial charge in [0.05, 0.1) is 31.8 Å². The molecule has 0 atom stereocenters. The van der Waals surface area contributed by atoms with Crippen molar-refractivity contribution in [2.24, 2.45) is 0 Å². The molecule has 0 aliphatic carbocycles. The Balaban J connectivity index is 1.79. The Labute approximate surface area is 177 Å². The maximum absolute atomic E-state index is 13.8. The van der Waals surface area contributed by atoms with Crippen LogP contribution in [0.1, 0.15) is 18.2 Å². The first-order valence-electron chi connectivity index (χ1n) is 9.50. The Hall–Kier alpha value is -3.75. The first kappa shape index (κ1) is 20.5. The average molecular weight is 425 g/mol. The molecule has 0 saturated carbocycles. The predicted molar refractivity (Wildman–Crippen MR) is 113 cm³/mol. The molecule has 2 aromatic heterocycles. The Morgan fingerprint density at radius 2 is 1.87 bits per heavy atom. The highest BCUT2D eigenvalue weighted by molar-refractivity contribution is 5.67. The summed E-state index contributed by atoms with van der Waals surface area (Å²) in [5, 5.41) is 7.66. The normalized spacial score (nSPS) is 11.5. The van der Waals surface area contributed by atoms with Crippen LogP contribution in [0.5, 0.6) is 11.5 Å². The van der Waals surface area contributed by atoms with E-state index in [0.717, 1.165) is 6.92 Å². The predicted octanol–water partition coefficient (Wildman–Crippen LogP) is 4.97. The van der Waals surface area contributed by atoms with Gasteiger partial charge in [-0.1, -0.05) is 18.2 Å². The van der Waals surface area contributed by atoms with Gasteiger partial charge >= 0.3 is 0 Å². The number of ether oxygens (including phenoxy) is 2. The molecule has 7 nitrogen and oxygen atoms in total. The zero-order chi connectivity index (χ0) is 22.2. The lowest BCUT2D eigenvalue weighted by Crippen LogP contribution is -2.07. The summed E-state index contributed by atoms with van der Waals surface area (Å²) in [5.74, 6) is -0.996. The zero-order valence-corrected chi connectivity index (χ0v) is 17.5. The summed E-state index contributed by atoms with van der Waals surface area (Å²) in [4.78, 5) is 8.89. The number of benzene rings is 2. The van der Waals surface area contributed by atoms with Crippen LogP contribution in [0, 0.1) is 6.92 Å². The molecule has 0 radical (unpaired) electrons. The number of nitrogens with one attached hydrogen (secondary N) is 1. The molecule has 4 rings (SSSR count). The van der Waals surface area contributed by atoms with Crippen LogP contribution in [0.25, 0.3) is 16.9 Å². The number of fused-ring (bicyclic) bond motifs is 1. The molecule has 160 valence electrons. The summed E-state index contributed by atoms with van der Waals surface area (Å²) in [6.07, 6.45) is 1.63. The maximum atomic E-state index is 13.8. The highest BCUT2D eigenvalue weighted by Crippen LogP contribution is 2.32. The fourth-order valence-electron chi connectivity index (χ4n) is 3.23. The van der Waals surface area contributed by atoms with Gasteiger partial charge in [-0.05, 0) is 25.1 Å². The molecule has 2 aromatic carbocycles. The first-order chi connectivity index (χ1) is 14.8. The molecule has 0 bridgehead atoms. The Morgan fingerprint density at radius 3 is 2.58 bits per heavy atom. The molecular weight excluding hydrogens is 404 g/mol. The van der Waals surface area contributed by atoms with Crippen LogP contribution >= 0.6 is 0 Å². The highest BCUT2D eigenvalue weighted by atomic mass is 19.3. The third-order valence-corrected chi connectivity index (χ3v) is 4.86. The minimum atomic E-state index is -2.96. The minimum absolute atomic E-state index is 0.0899. The number of rotatable bonds is 6. The smallest absolute Gasteiger partial charge is 0.270 e. The van der Waals surface area contributed by atoms with Crippen LogP contribution in [-0.2, 0) is 5.92 Å². The number of methoxy groups -OCH3 is 2. The third-order valence-electron chi connectivity index (χ3n) is 4.86. The first-order valence-corrected chi connectivity index (χ1v) is 9.50. The second-order valence-corrected chi connectivity index (χ2v) is 7.06. The van der Waals surface area contributed by atoms with Crippen LogP contribution < -0.4 is 14.8 Å². The topological polar surface area (TPSA) is 73.6 Å². The van der Waals surface area contributed by atoms with Gasteiger partial charge in [0, 0.05) is 24.1 Å². The maximum Gasteiger partial charge on any atom is 0.270 e. The molecule has 0 fully saturated rings. The van der Waals surface area contributed by atoms with Gasteiger partial charge in [0.15, 0.2) is 5.82 Å². The summed E-state index contributed by atoms with van der Waals surface area (Å²) in [7, 11) is 3.13. The SMILES string of the molecule is COc1ccc(OC)c(Nc2ncc3c(C)nc(-c4cccc(C(C)(F)F)c4)n3n2)c1. The molecule has 31 heavy (non-hydrogen) atoms. The van der Waals surface area contributed by atoms with Crippen LogP contribution in [0.4, 0.5) is 20.4 Å². The van der Waals surface area contributed by atoms with Gasteiger partial charge in [-0.15, -0.1) is 5.10 Å². The van der Waals surface area contributed by atoms with E-state index in [4.69, 9.17) is 9.47 Å². The number of aryl methyl sites for hydroxylation is 1. The zero-order valence-electron chi connectivity index (χ0n) is 17.5. The van der Waals surface area contributed by atoms with Crippen molar-refractivity contribution in [2.45, 2.75) is 19.8 Å². The molecule has 0 saturated heterocycles. The van der Waals surface area contributed by atoms with Crippen molar-refractivity contribution in [3.8, 4) is 22.9 Å². The Morgan fingerprint density at radius 1 is 1.06 bits per heavy atom. The lowest BCUT2D eigenvalue weighted by Gasteiger charge is -2.12. The third kappa shape index (κ3) is 3.98. The van der Waals surface area contributed by atoms with E-state index < -0.39 is 5.92 Å². The van der Waals surface area contributed by atoms with E-state index >= 15 is 0 Å². The molecule has 9 heteroatoms.